The molecule has 0 bridgehead atoms. The Morgan fingerprint density at radius 3 is 2.44 bits per heavy atom. The van der Waals surface area contributed by atoms with Gasteiger partial charge in [-0.1, -0.05) is 18.2 Å². The van der Waals surface area contributed by atoms with E-state index < -0.39 is 10.8 Å². The third-order valence-corrected chi connectivity index (χ3v) is 5.39. The fraction of sp³-hybridized carbons (Fsp3) is 0.0417. The van der Waals surface area contributed by atoms with Crippen LogP contribution >= 0.6 is 0 Å². The van der Waals surface area contributed by atoms with Crippen molar-refractivity contribution >= 4 is 22.9 Å². The van der Waals surface area contributed by atoms with Crippen molar-refractivity contribution in [2.24, 2.45) is 0 Å². The highest BCUT2D eigenvalue weighted by molar-refractivity contribution is 6.05. The number of carbonyl (C=O) groups is 1. The van der Waals surface area contributed by atoms with Crippen molar-refractivity contribution < 1.29 is 9.72 Å². The molecule has 10 heteroatoms. The summed E-state index contributed by atoms with van der Waals surface area (Å²) in [5.74, 6) is 0.190. The highest BCUT2D eigenvalue weighted by Gasteiger charge is 2.18. The minimum absolute atomic E-state index is 0.0930. The number of hydrogen-bond donors (Lipinski definition) is 1. The highest BCUT2D eigenvalue weighted by atomic mass is 16.6. The predicted octanol–water partition coefficient (Wildman–Crippen LogP) is 4.32. The number of nitro benzene ring substituents is 1. The van der Waals surface area contributed by atoms with Gasteiger partial charge in [0, 0.05) is 46.4 Å². The lowest BCUT2D eigenvalue weighted by molar-refractivity contribution is -0.385. The molecule has 3 aromatic heterocycles. The SMILES string of the molecule is Cc1c(C(=O)Nc2ccc(-c3ccc4nnc(-c5ccncc5)n4n3)cc2)cccc1[N+](=O)[O-]. The van der Waals surface area contributed by atoms with Crippen LogP contribution in [0.15, 0.2) is 79.1 Å². The van der Waals surface area contributed by atoms with E-state index >= 15 is 0 Å². The molecule has 3 heterocycles. The molecule has 5 rings (SSSR count). The average molecular weight is 451 g/mol. The van der Waals surface area contributed by atoms with Crippen molar-refractivity contribution in [3.05, 3.63) is 100 Å². The highest BCUT2D eigenvalue weighted by Crippen LogP contribution is 2.24. The molecule has 0 radical (unpaired) electrons. The zero-order chi connectivity index (χ0) is 23.7. The Kier molecular flexibility index (Phi) is 5.23. The molecule has 34 heavy (non-hydrogen) atoms. The van der Waals surface area contributed by atoms with Gasteiger partial charge in [-0.3, -0.25) is 19.9 Å². The first kappa shape index (κ1) is 20.9. The Balaban J connectivity index is 1.40. The Hall–Kier alpha value is -4.99. The van der Waals surface area contributed by atoms with Crippen molar-refractivity contribution in [1.29, 1.82) is 0 Å². The number of anilines is 1. The lowest BCUT2D eigenvalue weighted by Crippen LogP contribution is -2.14. The number of benzene rings is 2. The molecule has 2 aromatic carbocycles. The minimum atomic E-state index is -0.499. The first-order valence-corrected chi connectivity index (χ1v) is 10.3. The number of aromatic nitrogens is 5. The lowest BCUT2D eigenvalue weighted by atomic mass is 10.1. The molecule has 0 atom stereocenters. The summed E-state index contributed by atoms with van der Waals surface area (Å²) in [5, 5.41) is 27.0. The second-order valence-corrected chi connectivity index (χ2v) is 7.49. The molecule has 0 saturated carbocycles. The van der Waals surface area contributed by atoms with E-state index in [-0.39, 0.29) is 11.3 Å². The number of amides is 1. The molecule has 0 spiro atoms. The van der Waals surface area contributed by atoms with Crippen LogP contribution in [0.5, 0.6) is 0 Å². The van der Waals surface area contributed by atoms with Crippen molar-refractivity contribution in [3.8, 4) is 22.6 Å². The summed E-state index contributed by atoms with van der Waals surface area (Å²) in [5.41, 5.74) is 4.04. The quantitative estimate of drug-likeness (QED) is 0.311. The minimum Gasteiger partial charge on any atom is -0.322 e. The molecular formula is C24H17N7O3. The molecule has 0 aliphatic rings. The van der Waals surface area contributed by atoms with E-state index in [4.69, 9.17) is 0 Å². The van der Waals surface area contributed by atoms with Gasteiger partial charge in [0.1, 0.15) is 0 Å². The fourth-order valence-corrected chi connectivity index (χ4v) is 3.61. The summed E-state index contributed by atoms with van der Waals surface area (Å²) in [6.07, 6.45) is 3.37. The molecule has 5 aromatic rings. The van der Waals surface area contributed by atoms with E-state index in [1.807, 2.05) is 36.4 Å². The summed E-state index contributed by atoms with van der Waals surface area (Å²) in [6.45, 7) is 1.56. The number of nitro groups is 1. The maximum Gasteiger partial charge on any atom is 0.273 e. The molecule has 0 fully saturated rings. The Morgan fingerprint density at radius 1 is 0.941 bits per heavy atom. The van der Waals surface area contributed by atoms with Crippen LogP contribution in [0.25, 0.3) is 28.3 Å². The van der Waals surface area contributed by atoms with Crippen LogP contribution in [0.4, 0.5) is 11.4 Å². The van der Waals surface area contributed by atoms with Crippen LogP contribution < -0.4 is 5.32 Å². The van der Waals surface area contributed by atoms with Crippen LogP contribution in [0, 0.1) is 17.0 Å². The molecule has 166 valence electrons. The molecule has 10 nitrogen and oxygen atoms in total. The van der Waals surface area contributed by atoms with Gasteiger partial charge < -0.3 is 5.32 Å². The van der Waals surface area contributed by atoms with Gasteiger partial charge in [0.2, 0.25) is 0 Å². The first-order chi connectivity index (χ1) is 16.5. The predicted molar refractivity (Wildman–Crippen MR) is 125 cm³/mol. The second-order valence-electron chi connectivity index (χ2n) is 7.49. The summed E-state index contributed by atoms with van der Waals surface area (Å²) in [4.78, 5) is 27.4. The summed E-state index contributed by atoms with van der Waals surface area (Å²) >= 11 is 0. The Morgan fingerprint density at radius 2 is 1.71 bits per heavy atom. The van der Waals surface area contributed by atoms with Gasteiger partial charge in [-0.05, 0) is 49.4 Å². The van der Waals surface area contributed by atoms with Crippen molar-refractivity contribution in [2.75, 3.05) is 5.32 Å². The smallest absolute Gasteiger partial charge is 0.273 e. The monoisotopic (exact) mass is 451 g/mol. The van der Waals surface area contributed by atoms with Crippen molar-refractivity contribution in [1.82, 2.24) is 24.8 Å². The maximum atomic E-state index is 12.7. The van der Waals surface area contributed by atoms with E-state index in [1.165, 1.54) is 12.1 Å². The topological polar surface area (TPSA) is 128 Å². The average Bonchev–Trinajstić information content (AvgIpc) is 3.28. The fourth-order valence-electron chi connectivity index (χ4n) is 3.61. The summed E-state index contributed by atoms with van der Waals surface area (Å²) in [6, 6.07) is 19.0. The van der Waals surface area contributed by atoms with Gasteiger partial charge >= 0.3 is 0 Å². The number of hydrogen-bond acceptors (Lipinski definition) is 7. The van der Waals surface area contributed by atoms with E-state index in [1.54, 1.807) is 42.0 Å². The van der Waals surface area contributed by atoms with Crippen LogP contribution in [0.3, 0.4) is 0 Å². The summed E-state index contributed by atoms with van der Waals surface area (Å²) in [7, 11) is 0. The van der Waals surface area contributed by atoms with Crippen molar-refractivity contribution in [3.63, 3.8) is 0 Å². The van der Waals surface area contributed by atoms with Crippen LogP contribution in [-0.4, -0.2) is 35.6 Å². The second kappa shape index (κ2) is 8.51. The normalized spacial score (nSPS) is 10.9. The van der Waals surface area contributed by atoms with Crippen LogP contribution in [0.2, 0.25) is 0 Å². The maximum absolute atomic E-state index is 12.7. The largest absolute Gasteiger partial charge is 0.322 e. The number of carbonyl (C=O) groups excluding carboxylic acids is 1. The zero-order valence-corrected chi connectivity index (χ0v) is 17.9. The Bertz CT molecular complexity index is 1530. The lowest BCUT2D eigenvalue weighted by Gasteiger charge is -2.09. The first-order valence-electron chi connectivity index (χ1n) is 10.3. The number of nitrogens with zero attached hydrogens (tertiary/aromatic N) is 6. The number of fused-ring (bicyclic) bond motifs is 1. The summed E-state index contributed by atoms with van der Waals surface area (Å²) < 4.78 is 1.67. The molecule has 0 unspecified atom stereocenters. The van der Waals surface area contributed by atoms with E-state index in [9.17, 15) is 14.9 Å². The molecule has 0 saturated heterocycles. The molecule has 1 N–H and O–H groups in total. The van der Waals surface area contributed by atoms with Crippen LogP contribution in [0.1, 0.15) is 15.9 Å². The molecule has 0 aliphatic heterocycles. The molecule has 0 aliphatic carbocycles. The number of nitrogens with one attached hydrogen (secondary N) is 1. The number of pyridine rings is 1. The van der Waals surface area contributed by atoms with E-state index in [0.717, 1.165) is 11.1 Å². The van der Waals surface area contributed by atoms with E-state index in [0.29, 0.717) is 28.4 Å². The third kappa shape index (κ3) is 3.84. The van der Waals surface area contributed by atoms with E-state index in [2.05, 4.69) is 25.6 Å². The molecular weight excluding hydrogens is 434 g/mol. The third-order valence-electron chi connectivity index (χ3n) is 5.39. The Labute approximate surface area is 193 Å². The van der Waals surface area contributed by atoms with Gasteiger partial charge in [0.05, 0.1) is 10.6 Å². The standard InChI is InChI=1S/C24H17N7O3/c1-15-19(3-2-4-21(15)31(33)34)24(32)26-18-7-5-16(6-8-18)20-9-10-22-27-28-23(30(22)29-20)17-11-13-25-14-12-17/h2-14H,1H3,(H,26,32). The van der Waals surface area contributed by atoms with Gasteiger partial charge in [-0.15, -0.1) is 10.2 Å². The van der Waals surface area contributed by atoms with Gasteiger partial charge in [0.15, 0.2) is 11.5 Å². The van der Waals surface area contributed by atoms with Crippen LogP contribution in [-0.2, 0) is 0 Å². The van der Waals surface area contributed by atoms with Gasteiger partial charge in [-0.25, -0.2) is 0 Å². The van der Waals surface area contributed by atoms with Crippen molar-refractivity contribution in [2.45, 2.75) is 6.92 Å². The zero-order valence-electron chi connectivity index (χ0n) is 17.9. The van der Waals surface area contributed by atoms with Gasteiger partial charge in [-0.2, -0.15) is 9.61 Å². The number of rotatable bonds is 5. The molecule has 1 amide bonds. The van der Waals surface area contributed by atoms with Gasteiger partial charge in [0.25, 0.3) is 11.6 Å².